The van der Waals surface area contributed by atoms with Crippen molar-refractivity contribution in [3.05, 3.63) is 0 Å². The highest BCUT2D eigenvalue weighted by Crippen LogP contribution is 2.45. The minimum Gasteiger partial charge on any atom is -0.467 e. The predicted octanol–water partition coefficient (Wildman–Crippen LogP) is 1.71. The lowest BCUT2D eigenvalue weighted by Gasteiger charge is -2.49. The minimum atomic E-state index is 0.00859. The molecule has 1 aromatic rings. The molecule has 0 aromatic carbocycles. The highest BCUT2D eigenvalue weighted by molar-refractivity contribution is 6.21. The van der Waals surface area contributed by atoms with Crippen LogP contribution in [0.5, 0.6) is 12.0 Å². The number of halogens is 1. The molecular formula is C11H17ClN4O2. The predicted molar refractivity (Wildman–Crippen MR) is 68.4 cm³/mol. The van der Waals surface area contributed by atoms with E-state index in [1.165, 1.54) is 14.2 Å². The molecule has 2 unspecified atom stereocenters. The quantitative estimate of drug-likeness (QED) is 0.842. The molecule has 18 heavy (non-hydrogen) atoms. The molecule has 0 spiro atoms. The highest BCUT2D eigenvalue weighted by Gasteiger charge is 2.47. The molecule has 0 radical (unpaired) electrons. The molecule has 100 valence electrons. The Bertz CT molecular complexity index is 419. The van der Waals surface area contributed by atoms with E-state index in [1.807, 2.05) is 0 Å². The van der Waals surface area contributed by atoms with Crippen LogP contribution in [0.1, 0.15) is 20.3 Å². The standard InChI is InChI=1S/C11H17ClN4O2/c1-11(2)6(12)5-7(11)13-8-14-9(17-3)16-10(15-8)18-4/h6-7H,5H2,1-4H3,(H,13,14,15,16). The molecule has 0 bridgehead atoms. The highest BCUT2D eigenvalue weighted by atomic mass is 35.5. The van der Waals surface area contributed by atoms with Gasteiger partial charge in [0, 0.05) is 16.8 Å². The first-order valence-electron chi connectivity index (χ1n) is 5.72. The van der Waals surface area contributed by atoms with Crippen LogP contribution in [-0.4, -0.2) is 40.6 Å². The van der Waals surface area contributed by atoms with Gasteiger partial charge in [0.15, 0.2) is 0 Å². The third-order valence-corrected chi connectivity index (χ3v) is 4.15. The van der Waals surface area contributed by atoms with Crippen molar-refractivity contribution in [2.24, 2.45) is 5.41 Å². The smallest absolute Gasteiger partial charge is 0.324 e. The van der Waals surface area contributed by atoms with Crippen LogP contribution in [0, 0.1) is 5.41 Å². The maximum Gasteiger partial charge on any atom is 0.324 e. The van der Waals surface area contributed by atoms with Gasteiger partial charge in [-0.2, -0.15) is 9.97 Å². The van der Waals surface area contributed by atoms with Crippen LogP contribution >= 0.6 is 11.6 Å². The summed E-state index contributed by atoms with van der Waals surface area (Å²) in [5.41, 5.74) is 0.00859. The summed E-state index contributed by atoms with van der Waals surface area (Å²) >= 11 is 6.18. The second-order valence-corrected chi connectivity index (χ2v) is 5.38. The molecule has 0 saturated heterocycles. The summed E-state index contributed by atoms with van der Waals surface area (Å²) in [6.07, 6.45) is 0.880. The van der Waals surface area contributed by atoms with E-state index in [0.717, 1.165) is 6.42 Å². The van der Waals surface area contributed by atoms with E-state index in [2.05, 4.69) is 34.1 Å². The van der Waals surface area contributed by atoms with E-state index in [-0.39, 0.29) is 28.9 Å². The monoisotopic (exact) mass is 272 g/mol. The Morgan fingerprint density at radius 3 is 2.11 bits per heavy atom. The van der Waals surface area contributed by atoms with Gasteiger partial charge < -0.3 is 14.8 Å². The van der Waals surface area contributed by atoms with Gasteiger partial charge in [-0.1, -0.05) is 13.8 Å². The van der Waals surface area contributed by atoms with Crippen molar-refractivity contribution in [2.45, 2.75) is 31.7 Å². The lowest BCUT2D eigenvalue weighted by atomic mass is 9.67. The van der Waals surface area contributed by atoms with Crippen LogP contribution in [0.2, 0.25) is 0 Å². The Morgan fingerprint density at radius 2 is 1.72 bits per heavy atom. The van der Waals surface area contributed by atoms with E-state index >= 15 is 0 Å². The number of hydrogen-bond donors (Lipinski definition) is 1. The summed E-state index contributed by atoms with van der Waals surface area (Å²) in [4.78, 5) is 12.2. The Morgan fingerprint density at radius 1 is 1.17 bits per heavy atom. The molecule has 2 atom stereocenters. The van der Waals surface area contributed by atoms with Gasteiger partial charge >= 0.3 is 12.0 Å². The maximum atomic E-state index is 6.18. The van der Waals surface area contributed by atoms with E-state index in [0.29, 0.717) is 5.95 Å². The third-order valence-electron chi connectivity index (χ3n) is 3.41. The van der Waals surface area contributed by atoms with Crippen molar-refractivity contribution in [1.82, 2.24) is 15.0 Å². The number of aromatic nitrogens is 3. The molecule has 1 N–H and O–H groups in total. The first-order valence-corrected chi connectivity index (χ1v) is 6.15. The van der Waals surface area contributed by atoms with Gasteiger partial charge in [0.1, 0.15) is 0 Å². The Balaban J connectivity index is 2.14. The Labute approximate surface area is 111 Å². The molecule has 1 aromatic heterocycles. The van der Waals surface area contributed by atoms with Gasteiger partial charge in [-0.15, -0.1) is 16.6 Å². The second-order valence-electron chi connectivity index (χ2n) is 4.85. The van der Waals surface area contributed by atoms with Gasteiger partial charge in [-0.25, -0.2) is 0 Å². The van der Waals surface area contributed by atoms with Crippen molar-refractivity contribution in [2.75, 3.05) is 19.5 Å². The number of anilines is 1. The van der Waals surface area contributed by atoms with Crippen LogP contribution < -0.4 is 14.8 Å². The zero-order valence-corrected chi connectivity index (χ0v) is 11.7. The molecule has 7 heteroatoms. The number of rotatable bonds is 4. The first-order chi connectivity index (χ1) is 8.47. The molecule has 1 heterocycles. The SMILES string of the molecule is COc1nc(NC2CC(Cl)C2(C)C)nc(OC)n1. The van der Waals surface area contributed by atoms with Crippen molar-refractivity contribution in [3.63, 3.8) is 0 Å². The third kappa shape index (κ3) is 2.29. The van der Waals surface area contributed by atoms with E-state index in [9.17, 15) is 0 Å². The van der Waals surface area contributed by atoms with Crippen molar-refractivity contribution >= 4 is 17.5 Å². The Hall–Kier alpha value is -1.30. The number of hydrogen-bond acceptors (Lipinski definition) is 6. The zero-order chi connectivity index (χ0) is 13.3. The van der Waals surface area contributed by atoms with Gasteiger partial charge in [0.2, 0.25) is 5.95 Å². The maximum absolute atomic E-state index is 6.18. The summed E-state index contributed by atoms with van der Waals surface area (Å²) in [5.74, 6) is 0.445. The molecule has 1 aliphatic carbocycles. The summed E-state index contributed by atoms with van der Waals surface area (Å²) in [6.45, 7) is 4.23. The summed E-state index contributed by atoms with van der Waals surface area (Å²) in [6, 6.07) is 0.685. The number of nitrogens with zero attached hydrogens (tertiary/aromatic N) is 3. The van der Waals surface area contributed by atoms with Gasteiger partial charge in [-0.05, 0) is 6.42 Å². The van der Waals surface area contributed by atoms with Gasteiger partial charge in [0.25, 0.3) is 0 Å². The van der Waals surface area contributed by atoms with Gasteiger partial charge in [0.05, 0.1) is 14.2 Å². The van der Waals surface area contributed by atoms with Crippen LogP contribution in [0.4, 0.5) is 5.95 Å². The van der Waals surface area contributed by atoms with E-state index in [4.69, 9.17) is 21.1 Å². The van der Waals surface area contributed by atoms with Crippen molar-refractivity contribution < 1.29 is 9.47 Å². The molecule has 6 nitrogen and oxygen atoms in total. The zero-order valence-electron chi connectivity index (χ0n) is 10.9. The lowest BCUT2D eigenvalue weighted by Crippen LogP contribution is -2.54. The second kappa shape index (κ2) is 4.76. The lowest BCUT2D eigenvalue weighted by molar-refractivity contribution is 0.167. The van der Waals surface area contributed by atoms with Crippen LogP contribution in [-0.2, 0) is 0 Å². The topological polar surface area (TPSA) is 69.2 Å². The van der Waals surface area contributed by atoms with Crippen molar-refractivity contribution in [3.8, 4) is 12.0 Å². The Kier molecular flexibility index (Phi) is 3.47. The molecule has 0 amide bonds. The largest absolute Gasteiger partial charge is 0.467 e. The van der Waals surface area contributed by atoms with E-state index in [1.54, 1.807) is 0 Å². The molecule has 0 aliphatic heterocycles. The fourth-order valence-corrected chi connectivity index (χ4v) is 2.19. The number of methoxy groups -OCH3 is 2. The van der Waals surface area contributed by atoms with Crippen LogP contribution in [0.25, 0.3) is 0 Å². The number of nitrogens with one attached hydrogen (secondary N) is 1. The van der Waals surface area contributed by atoms with Crippen LogP contribution in [0.3, 0.4) is 0 Å². The fourth-order valence-electron chi connectivity index (χ4n) is 1.86. The normalized spacial score (nSPS) is 25.2. The van der Waals surface area contributed by atoms with Crippen molar-refractivity contribution in [1.29, 1.82) is 0 Å². The average molecular weight is 273 g/mol. The summed E-state index contributed by atoms with van der Waals surface area (Å²) < 4.78 is 9.99. The molecule has 1 saturated carbocycles. The minimum absolute atomic E-state index is 0.00859. The average Bonchev–Trinajstić information content (AvgIpc) is 2.38. The molecular weight excluding hydrogens is 256 g/mol. The van der Waals surface area contributed by atoms with Crippen LogP contribution in [0.15, 0.2) is 0 Å². The number of alkyl halides is 1. The molecule has 1 fully saturated rings. The molecule has 1 aliphatic rings. The van der Waals surface area contributed by atoms with Gasteiger partial charge in [-0.3, -0.25) is 0 Å². The first kappa shape index (κ1) is 13.1. The molecule has 2 rings (SSSR count). The summed E-state index contributed by atoms with van der Waals surface area (Å²) in [7, 11) is 3.00. The van der Waals surface area contributed by atoms with E-state index < -0.39 is 0 Å². The number of ether oxygens (including phenoxy) is 2. The summed E-state index contributed by atoms with van der Waals surface area (Å²) in [5, 5.41) is 3.41. The fraction of sp³-hybridized carbons (Fsp3) is 0.727.